The summed E-state index contributed by atoms with van der Waals surface area (Å²) in [6, 6.07) is 5.23. The lowest BCUT2D eigenvalue weighted by Gasteiger charge is -2.34. The summed E-state index contributed by atoms with van der Waals surface area (Å²) >= 11 is 0. The Hall–Kier alpha value is -1.40. The summed E-state index contributed by atoms with van der Waals surface area (Å²) in [4.78, 5) is 6.79. The van der Waals surface area contributed by atoms with Crippen LogP contribution in [-0.2, 0) is 11.3 Å². The molecular formula is C21H33F2IN4O3. The Bertz CT molecular complexity index is 697. The third-order valence-electron chi connectivity index (χ3n) is 5.63. The van der Waals surface area contributed by atoms with Crippen molar-refractivity contribution in [2.45, 2.75) is 38.5 Å². The predicted molar refractivity (Wildman–Crippen MR) is 127 cm³/mol. The van der Waals surface area contributed by atoms with E-state index in [9.17, 15) is 8.78 Å². The standard InChI is InChI=1S/C21H32F2N4O3.HI/c1-24-21(25-12-16-3-4-18(28-2)11-19(16)30-20(22)23)26-17-5-8-27(9-6-17)13-15-7-10-29-14-15;/h3-4,11,15,17,20H,5-10,12-14H2,1-2H3,(H2,24,25,26);1H. The minimum absolute atomic E-state index is 0. The van der Waals surface area contributed by atoms with E-state index in [0.29, 0.717) is 35.8 Å². The summed E-state index contributed by atoms with van der Waals surface area (Å²) in [5, 5.41) is 6.64. The Balaban J connectivity index is 0.00000341. The van der Waals surface area contributed by atoms with Crippen molar-refractivity contribution in [1.82, 2.24) is 15.5 Å². The van der Waals surface area contributed by atoms with Gasteiger partial charge in [-0.3, -0.25) is 4.99 Å². The number of nitrogens with one attached hydrogen (secondary N) is 2. The van der Waals surface area contributed by atoms with Crippen LogP contribution in [0.3, 0.4) is 0 Å². The topological polar surface area (TPSA) is 67.4 Å². The van der Waals surface area contributed by atoms with Crippen molar-refractivity contribution in [2.24, 2.45) is 10.9 Å². The zero-order valence-corrected chi connectivity index (χ0v) is 20.4. The summed E-state index contributed by atoms with van der Waals surface area (Å²) in [7, 11) is 3.19. The zero-order chi connectivity index (χ0) is 21.3. The molecule has 3 rings (SSSR count). The van der Waals surface area contributed by atoms with Crippen LogP contribution in [0, 0.1) is 5.92 Å². The van der Waals surface area contributed by atoms with Crippen LogP contribution in [0.2, 0.25) is 0 Å². The van der Waals surface area contributed by atoms with Crippen molar-refractivity contribution in [3.63, 3.8) is 0 Å². The molecule has 2 aliphatic rings. The van der Waals surface area contributed by atoms with Crippen LogP contribution in [0.4, 0.5) is 8.78 Å². The molecule has 1 aromatic carbocycles. The Morgan fingerprint density at radius 2 is 2.06 bits per heavy atom. The summed E-state index contributed by atoms with van der Waals surface area (Å²) < 4.78 is 40.7. The first-order chi connectivity index (χ1) is 14.6. The number of hydrogen-bond donors (Lipinski definition) is 2. The number of hydrogen-bond acceptors (Lipinski definition) is 5. The molecule has 1 aromatic rings. The molecule has 7 nitrogen and oxygen atoms in total. The first kappa shape index (κ1) is 25.9. The second-order valence-electron chi connectivity index (χ2n) is 7.73. The number of piperidine rings is 1. The maximum Gasteiger partial charge on any atom is 0.387 e. The van der Waals surface area contributed by atoms with Gasteiger partial charge < -0.3 is 29.7 Å². The molecule has 0 spiro atoms. The summed E-state index contributed by atoms with van der Waals surface area (Å²) in [6.07, 6.45) is 3.24. The van der Waals surface area contributed by atoms with Crippen molar-refractivity contribution >= 4 is 29.9 Å². The van der Waals surface area contributed by atoms with Crippen molar-refractivity contribution in [3.05, 3.63) is 23.8 Å². The Morgan fingerprint density at radius 3 is 2.68 bits per heavy atom. The van der Waals surface area contributed by atoms with Gasteiger partial charge in [-0.15, -0.1) is 24.0 Å². The maximum absolute atomic E-state index is 12.7. The van der Waals surface area contributed by atoms with Gasteiger partial charge in [0.25, 0.3) is 0 Å². The average Bonchev–Trinajstić information content (AvgIpc) is 3.25. The van der Waals surface area contributed by atoms with Crippen LogP contribution in [0.1, 0.15) is 24.8 Å². The van der Waals surface area contributed by atoms with Crippen molar-refractivity contribution in [3.8, 4) is 11.5 Å². The van der Waals surface area contributed by atoms with E-state index in [1.165, 1.54) is 13.2 Å². The number of nitrogens with zero attached hydrogens (tertiary/aromatic N) is 2. The monoisotopic (exact) mass is 554 g/mol. The van der Waals surface area contributed by atoms with Crippen LogP contribution in [0.5, 0.6) is 11.5 Å². The molecule has 2 N–H and O–H groups in total. The first-order valence-corrected chi connectivity index (χ1v) is 10.5. The van der Waals surface area contributed by atoms with E-state index >= 15 is 0 Å². The molecule has 0 radical (unpaired) electrons. The Morgan fingerprint density at radius 1 is 1.29 bits per heavy atom. The van der Waals surface area contributed by atoms with Crippen LogP contribution in [0.25, 0.3) is 0 Å². The molecule has 0 aliphatic carbocycles. The average molecular weight is 554 g/mol. The van der Waals surface area contributed by atoms with Crippen LogP contribution >= 0.6 is 24.0 Å². The Kier molecular flexibility index (Phi) is 11.0. The fourth-order valence-electron chi connectivity index (χ4n) is 3.93. The highest BCUT2D eigenvalue weighted by molar-refractivity contribution is 14.0. The van der Waals surface area contributed by atoms with E-state index in [1.54, 1.807) is 19.2 Å². The van der Waals surface area contributed by atoms with Gasteiger partial charge in [0.05, 0.1) is 13.7 Å². The molecule has 0 aromatic heterocycles. The summed E-state index contributed by atoms with van der Waals surface area (Å²) in [5.74, 6) is 1.87. The van der Waals surface area contributed by atoms with Crippen LogP contribution < -0.4 is 20.1 Å². The SMILES string of the molecule is CN=C(NCc1ccc(OC)cc1OC(F)F)NC1CCN(CC2CCOC2)CC1.I. The third kappa shape index (κ3) is 8.23. The lowest BCUT2D eigenvalue weighted by Crippen LogP contribution is -2.49. The van der Waals surface area contributed by atoms with Gasteiger partial charge >= 0.3 is 6.61 Å². The minimum Gasteiger partial charge on any atom is -0.497 e. The normalized spacial score (nSPS) is 20.4. The fourth-order valence-corrected chi connectivity index (χ4v) is 3.93. The molecule has 2 heterocycles. The second-order valence-corrected chi connectivity index (χ2v) is 7.73. The molecule has 0 bridgehead atoms. The highest BCUT2D eigenvalue weighted by Gasteiger charge is 2.24. The molecule has 10 heteroatoms. The quantitative estimate of drug-likeness (QED) is 0.293. The molecule has 0 saturated carbocycles. The van der Waals surface area contributed by atoms with Gasteiger partial charge in [-0.2, -0.15) is 8.78 Å². The smallest absolute Gasteiger partial charge is 0.387 e. The molecular weight excluding hydrogens is 521 g/mol. The number of halogens is 3. The molecule has 31 heavy (non-hydrogen) atoms. The van der Waals surface area contributed by atoms with Crippen LogP contribution in [-0.4, -0.2) is 70.5 Å². The van der Waals surface area contributed by atoms with Gasteiger partial charge in [-0.25, -0.2) is 0 Å². The zero-order valence-electron chi connectivity index (χ0n) is 18.1. The van der Waals surface area contributed by atoms with E-state index in [2.05, 4.69) is 25.3 Å². The van der Waals surface area contributed by atoms with Crippen molar-refractivity contribution in [2.75, 3.05) is 47.0 Å². The first-order valence-electron chi connectivity index (χ1n) is 10.5. The van der Waals surface area contributed by atoms with E-state index < -0.39 is 6.61 Å². The number of ether oxygens (including phenoxy) is 3. The second kappa shape index (κ2) is 13.2. The van der Waals surface area contributed by atoms with Gasteiger partial charge in [0, 0.05) is 57.5 Å². The van der Waals surface area contributed by atoms with E-state index in [4.69, 9.17) is 9.47 Å². The summed E-state index contributed by atoms with van der Waals surface area (Å²) in [6.45, 7) is 2.41. The maximum atomic E-state index is 12.7. The molecule has 176 valence electrons. The van der Waals surface area contributed by atoms with Crippen molar-refractivity contribution in [1.29, 1.82) is 0 Å². The largest absolute Gasteiger partial charge is 0.497 e. The van der Waals surface area contributed by atoms with Gasteiger partial charge in [0.15, 0.2) is 5.96 Å². The molecule has 2 fully saturated rings. The van der Waals surface area contributed by atoms with Crippen molar-refractivity contribution < 1.29 is 23.0 Å². The fraction of sp³-hybridized carbons (Fsp3) is 0.667. The highest BCUT2D eigenvalue weighted by Crippen LogP contribution is 2.26. The third-order valence-corrected chi connectivity index (χ3v) is 5.63. The van der Waals surface area contributed by atoms with E-state index in [1.807, 2.05) is 0 Å². The number of alkyl halides is 2. The number of likely N-dealkylation sites (tertiary alicyclic amines) is 1. The van der Waals surface area contributed by atoms with Gasteiger partial charge in [-0.05, 0) is 37.3 Å². The van der Waals surface area contributed by atoms with Gasteiger partial charge in [-0.1, -0.05) is 0 Å². The Labute approximate surface area is 199 Å². The number of guanidine groups is 1. The lowest BCUT2D eigenvalue weighted by atomic mass is 10.0. The number of rotatable bonds is 8. The summed E-state index contributed by atoms with van der Waals surface area (Å²) in [5.41, 5.74) is 0.604. The lowest BCUT2D eigenvalue weighted by molar-refractivity contribution is -0.0505. The molecule has 0 amide bonds. The van der Waals surface area contributed by atoms with Gasteiger partial charge in [0.2, 0.25) is 0 Å². The van der Waals surface area contributed by atoms with Gasteiger partial charge in [0.1, 0.15) is 11.5 Å². The predicted octanol–water partition coefficient (Wildman–Crippen LogP) is 3.08. The number of aliphatic imine (C=N–C) groups is 1. The number of methoxy groups -OCH3 is 1. The molecule has 2 saturated heterocycles. The minimum atomic E-state index is -2.89. The van der Waals surface area contributed by atoms with Crippen LogP contribution in [0.15, 0.2) is 23.2 Å². The molecule has 1 unspecified atom stereocenters. The highest BCUT2D eigenvalue weighted by atomic mass is 127. The molecule has 2 aliphatic heterocycles. The number of benzene rings is 1. The van der Waals surface area contributed by atoms with E-state index in [0.717, 1.165) is 52.1 Å². The van der Waals surface area contributed by atoms with E-state index in [-0.39, 0.29) is 29.7 Å². The molecule has 1 atom stereocenters.